The van der Waals surface area contributed by atoms with Crippen LogP contribution in [0, 0.1) is 0 Å². The first-order valence-corrected chi connectivity index (χ1v) is 13.6. The summed E-state index contributed by atoms with van der Waals surface area (Å²) in [5, 5.41) is 2.41. The van der Waals surface area contributed by atoms with Crippen LogP contribution in [0.25, 0.3) is 55.6 Å². The summed E-state index contributed by atoms with van der Waals surface area (Å²) in [5.74, 6) is 0.715. The summed E-state index contributed by atoms with van der Waals surface area (Å²) in [5.41, 5.74) is 6.11. The molecule has 37 heavy (non-hydrogen) atoms. The van der Waals surface area contributed by atoms with Gasteiger partial charge in [0, 0.05) is 22.0 Å². The molecule has 0 N–H and O–H groups in total. The van der Waals surface area contributed by atoms with Crippen LogP contribution in [-0.4, -0.2) is 22.5 Å². The highest BCUT2D eigenvalue weighted by atomic mass is 32.2. The molecule has 7 aromatic rings. The fraction of sp³-hybridized carbons (Fsp3) is 0. The minimum Gasteiger partial charge on any atom is -0.309 e. The Kier molecular flexibility index (Phi) is 3.98. The van der Waals surface area contributed by atoms with E-state index < -0.39 is 9.84 Å². The van der Waals surface area contributed by atoms with E-state index in [0.717, 1.165) is 22.3 Å². The number of sulfone groups is 1. The van der Waals surface area contributed by atoms with Crippen LogP contribution in [-0.2, 0) is 9.84 Å². The molecule has 3 heterocycles. The Balaban J connectivity index is 1.44. The molecule has 0 spiro atoms. The highest BCUT2D eigenvalue weighted by molar-refractivity contribution is 7.92. The van der Waals surface area contributed by atoms with Crippen molar-refractivity contribution in [1.82, 2.24) is 14.1 Å². The molecule has 1 aliphatic rings. The quantitative estimate of drug-likeness (QED) is 0.260. The number of hydrogen-bond acceptors (Lipinski definition) is 3. The smallest absolute Gasteiger partial charge is 0.210 e. The topological polar surface area (TPSA) is 56.9 Å². The fourth-order valence-electron chi connectivity index (χ4n) is 5.71. The van der Waals surface area contributed by atoms with Gasteiger partial charge in [0.25, 0.3) is 0 Å². The van der Waals surface area contributed by atoms with E-state index in [1.165, 1.54) is 10.8 Å². The zero-order chi connectivity index (χ0) is 24.7. The van der Waals surface area contributed by atoms with Crippen LogP contribution >= 0.6 is 0 Å². The lowest BCUT2D eigenvalue weighted by Crippen LogP contribution is -2.14. The van der Waals surface area contributed by atoms with Crippen molar-refractivity contribution in [1.29, 1.82) is 0 Å². The van der Waals surface area contributed by atoms with Gasteiger partial charge in [0.15, 0.2) is 0 Å². The second-order valence-corrected chi connectivity index (χ2v) is 11.2. The first kappa shape index (κ1) is 20.5. The SMILES string of the molecule is O=S1(=O)c2ccccc2-n2c(-c3cccc(-n4c5ccccc5c5ccccc54)c3)nc3cccc1c32. The summed E-state index contributed by atoms with van der Waals surface area (Å²) >= 11 is 0. The number of imidazole rings is 1. The van der Waals surface area contributed by atoms with Crippen molar-refractivity contribution >= 4 is 42.7 Å². The normalized spacial score (nSPS) is 13.8. The van der Waals surface area contributed by atoms with Gasteiger partial charge in [0.05, 0.1) is 37.5 Å². The molecular weight excluding hydrogens is 478 g/mol. The molecule has 0 amide bonds. The van der Waals surface area contributed by atoms with Crippen molar-refractivity contribution in [3.05, 3.63) is 115 Å². The van der Waals surface area contributed by atoms with Crippen LogP contribution in [0.3, 0.4) is 0 Å². The van der Waals surface area contributed by atoms with Gasteiger partial charge in [-0.2, -0.15) is 0 Å². The van der Waals surface area contributed by atoms with E-state index in [1.807, 2.05) is 34.9 Å². The number of para-hydroxylation sites is 4. The Morgan fingerprint density at radius 1 is 0.595 bits per heavy atom. The highest BCUT2D eigenvalue weighted by Gasteiger charge is 2.33. The molecule has 0 saturated heterocycles. The molecule has 2 aromatic heterocycles. The molecule has 0 bridgehead atoms. The molecule has 176 valence electrons. The fourth-order valence-corrected chi connectivity index (χ4v) is 7.35. The van der Waals surface area contributed by atoms with Crippen molar-refractivity contribution in [2.45, 2.75) is 9.79 Å². The lowest BCUT2D eigenvalue weighted by atomic mass is 10.1. The summed E-state index contributed by atoms with van der Waals surface area (Å²) in [6.45, 7) is 0. The number of hydrogen-bond donors (Lipinski definition) is 0. The molecule has 0 radical (unpaired) electrons. The monoisotopic (exact) mass is 497 g/mol. The number of aromatic nitrogens is 3. The van der Waals surface area contributed by atoms with Crippen molar-refractivity contribution < 1.29 is 8.42 Å². The molecular formula is C31H19N3O2S. The minimum atomic E-state index is -3.63. The third kappa shape index (κ3) is 2.68. The number of rotatable bonds is 2. The molecule has 0 atom stereocenters. The van der Waals surface area contributed by atoms with Crippen molar-refractivity contribution in [2.24, 2.45) is 0 Å². The Morgan fingerprint density at radius 2 is 1.24 bits per heavy atom. The van der Waals surface area contributed by atoms with Crippen molar-refractivity contribution in [3.63, 3.8) is 0 Å². The third-order valence-corrected chi connectivity index (χ3v) is 9.10. The molecule has 6 heteroatoms. The molecule has 1 aliphatic heterocycles. The Hall–Kier alpha value is -4.68. The summed E-state index contributed by atoms with van der Waals surface area (Å²) < 4.78 is 31.2. The average Bonchev–Trinajstić information content (AvgIpc) is 3.49. The molecule has 0 unspecified atom stereocenters. The second kappa shape index (κ2) is 7.18. The van der Waals surface area contributed by atoms with Crippen LogP contribution in [0.4, 0.5) is 0 Å². The first-order chi connectivity index (χ1) is 18.1. The zero-order valence-corrected chi connectivity index (χ0v) is 20.4. The van der Waals surface area contributed by atoms with E-state index in [9.17, 15) is 8.42 Å². The predicted octanol–water partition coefficient (Wildman–Crippen LogP) is 6.94. The maximum Gasteiger partial charge on any atom is 0.210 e. The lowest BCUT2D eigenvalue weighted by Gasteiger charge is -2.20. The molecule has 0 aliphatic carbocycles. The standard InChI is InChI=1S/C31H19N3O2S/c35-37(36)28-17-6-5-16-27(28)34-30-24(13-8-18-29(30)37)32-31(34)20-9-7-10-21(19-20)33-25-14-3-1-11-22(25)23-12-2-4-15-26(23)33/h1-19H. The summed E-state index contributed by atoms with van der Waals surface area (Å²) in [6, 6.07) is 37.6. The maximum atomic E-state index is 13.4. The second-order valence-electron chi connectivity index (χ2n) is 9.29. The van der Waals surface area contributed by atoms with Gasteiger partial charge in [-0.15, -0.1) is 0 Å². The van der Waals surface area contributed by atoms with E-state index in [-0.39, 0.29) is 0 Å². The van der Waals surface area contributed by atoms with Gasteiger partial charge in [-0.3, -0.25) is 4.57 Å². The van der Waals surface area contributed by atoms with Gasteiger partial charge in [-0.25, -0.2) is 13.4 Å². The molecule has 8 rings (SSSR count). The summed E-state index contributed by atoms with van der Waals surface area (Å²) in [6.07, 6.45) is 0. The molecule has 5 aromatic carbocycles. The van der Waals surface area contributed by atoms with Gasteiger partial charge in [0.1, 0.15) is 5.82 Å². The average molecular weight is 498 g/mol. The predicted molar refractivity (Wildman–Crippen MR) is 146 cm³/mol. The lowest BCUT2D eigenvalue weighted by molar-refractivity contribution is 0.594. The van der Waals surface area contributed by atoms with E-state index in [4.69, 9.17) is 4.98 Å². The Bertz CT molecular complexity index is 2120. The number of benzene rings is 5. The van der Waals surface area contributed by atoms with Gasteiger partial charge in [-0.1, -0.05) is 66.7 Å². The van der Waals surface area contributed by atoms with Gasteiger partial charge >= 0.3 is 0 Å². The van der Waals surface area contributed by atoms with E-state index in [0.29, 0.717) is 32.3 Å². The summed E-state index contributed by atoms with van der Waals surface area (Å²) in [7, 11) is -3.63. The van der Waals surface area contributed by atoms with E-state index in [2.05, 4.69) is 65.2 Å². The van der Waals surface area contributed by atoms with Crippen molar-refractivity contribution in [2.75, 3.05) is 0 Å². The summed E-state index contributed by atoms with van der Waals surface area (Å²) in [4.78, 5) is 5.55. The van der Waals surface area contributed by atoms with Crippen LogP contribution in [0.2, 0.25) is 0 Å². The Morgan fingerprint density at radius 3 is 2.03 bits per heavy atom. The van der Waals surface area contributed by atoms with Gasteiger partial charge < -0.3 is 4.57 Å². The molecule has 0 fully saturated rings. The zero-order valence-electron chi connectivity index (χ0n) is 19.5. The van der Waals surface area contributed by atoms with Gasteiger partial charge in [0.2, 0.25) is 9.84 Å². The number of fused-ring (bicyclic) bond motifs is 5. The van der Waals surface area contributed by atoms with Crippen LogP contribution < -0.4 is 0 Å². The largest absolute Gasteiger partial charge is 0.309 e. The van der Waals surface area contributed by atoms with Gasteiger partial charge in [-0.05, 0) is 48.5 Å². The van der Waals surface area contributed by atoms with Crippen LogP contribution in [0.15, 0.2) is 125 Å². The van der Waals surface area contributed by atoms with E-state index >= 15 is 0 Å². The molecule has 5 nitrogen and oxygen atoms in total. The Labute approximate surface area is 212 Å². The van der Waals surface area contributed by atoms with Crippen LogP contribution in [0.1, 0.15) is 0 Å². The van der Waals surface area contributed by atoms with Crippen LogP contribution in [0.5, 0.6) is 0 Å². The first-order valence-electron chi connectivity index (χ1n) is 12.1. The minimum absolute atomic E-state index is 0.293. The van der Waals surface area contributed by atoms with Crippen molar-refractivity contribution in [3.8, 4) is 22.8 Å². The third-order valence-electron chi connectivity index (χ3n) is 7.27. The van der Waals surface area contributed by atoms with E-state index in [1.54, 1.807) is 24.3 Å². The molecule has 0 saturated carbocycles. The highest BCUT2D eigenvalue weighted by Crippen LogP contribution is 2.42. The number of nitrogens with zero attached hydrogens (tertiary/aromatic N) is 3. The maximum absolute atomic E-state index is 13.4.